The summed E-state index contributed by atoms with van der Waals surface area (Å²) in [6.45, 7) is 10.4. The molecule has 0 fully saturated rings. The lowest BCUT2D eigenvalue weighted by molar-refractivity contribution is -0.143. The number of nitrogens with one attached hydrogen (secondary N) is 13. The van der Waals surface area contributed by atoms with Gasteiger partial charge in [-0.1, -0.05) is 54.4 Å². The molecule has 1 aromatic rings. The van der Waals surface area contributed by atoms with Gasteiger partial charge in [0.05, 0.1) is 38.4 Å². The number of hydrogen-bond donors (Lipinski definition) is 23. The van der Waals surface area contributed by atoms with Crippen LogP contribution in [0.2, 0.25) is 0 Å². The summed E-state index contributed by atoms with van der Waals surface area (Å²) < 4.78 is 0. The number of carboxylic acids is 2. The molecule has 0 bridgehead atoms. The monoisotopic (exact) mass is 1450 g/mol. The Morgan fingerprint density at radius 2 is 0.941 bits per heavy atom. The Hall–Kier alpha value is -10.8. The molecule has 0 radical (unpaired) electrons. The van der Waals surface area contributed by atoms with Crippen molar-refractivity contribution in [2.75, 3.05) is 26.2 Å². The minimum atomic E-state index is -1.97. The molecule has 0 aliphatic heterocycles. The summed E-state index contributed by atoms with van der Waals surface area (Å²) in [5.41, 5.74) is 38.4. The van der Waals surface area contributed by atoms with Crippen LogP contribution in [0.25, 0.3) is 0 Å². The summed E-state index contributed by atoms with van der Waals surface area (Å²) in [5, 5.41) is 58.2. The van der Waals surface area contributed by atoms with Gasteiger partial charge in [0.2, 0.25) is 82.7 Å². The zero-order valence-electron chi connectivity index (χ0n) is 58.4. The Labute approximate surface area is 587 Å². The highest BCUT2D eigenvalue weighted by Crippen LogP contribution is 2.14. The summed E-state index contributed by atoms with van der Waals surface area (Å²) in [6, 6.07) is -18.7. The smallest absolute Gasteiger partial charge is 0.326 e. The van der Waals surface area contributed by atoms with Crippen LogP contribution in [0.4, 0.5) is 0 Å². The molecule has 42 nitrogen and oxygen atoms in total. The van der Waals surface area contributed by atoms with Crippen molar-refractivity contribution in [3.63, 3.8) is 0 Å². The number of nitrogens with zero attached hydrogens (tertiary/aromatic N) is 3. The van der Waals surface area contributed by atoms with E-state index in [1.165, 1.54) is 19.4 Å². The number of aromatic amines is 1. The molecule has 1 heterocycles. The maximum absolute atomic E-state index is 14.3. The third-order valence-electron chi connectivity index (χ3n) is 15.5. The molecule has 1 aromatic heterocycles. The maximum atomic E-state index is 14.3. The van der Waals surface area contributed by atoms with E-state index in [0.717, 1.165) is 6.92 Å². The minimum absolute atomic E-state index is 0.00879. The van der Waals surface area contributed by atoms with E-state index in [-0.39, 0.29) is 101 Å². The van der Waals surface area contributed by atoms with Gasteiger partial charge in [0.25, 0.3) is 0 Å². The standard InChI is InChI=1S/C60H103N23O19/c1-9-28(5)45(56(99)76-34(14-12-18-70-60(66)67)50(93)81-40(25-84)55(98)73-30(7)47(90)71-24-43(87)75-36(19-27(3)4)52(95)77-35(58(101)102)15-16-41(62)85)82-48(91)31(8)74-51(94)39(22-44(88)89)79-53(96)37(20-32-23-68-26-72-32)80-57(100)46(29(6)10-2)83-54(97)38(21-42(63)86)78-49(92)33(61)13-11-17-69-59(64)65/h23,26-31,33-40,45-46,84H,9-22,24-25,61H2,1-8H3,(H2,62,85)(H2,63,86)(H,68,72)(H,71,90)(H,73,98)(H,74,94)(H,75,87)(H,76,99)(H,77,95)(H,78,92)(H,79,96)(H,80,100)(H,81,93)(H,82,91)(H,83,97)(H,88,89)(H,101,102)(H4,64,65,69)(H4,66,67,70)/t28-,29-,30-,31-,33-,34-,35-,36-,37-,38-,39-,40-,45-,46-/m0/s1. The van der Waals surface area contributed by atoms with Crippen molar-refractivity contribution in [3.8, 4) is 0 Å². The van der Waals surface area contributed by atoms with Gasteiger partial charge < -0.3 is 124 Å². The second kappa shape index (κ2) is 45.8. The molecule has 0 saturated carbocycles. The fraction of sp³-hybridized carbons (Fsp3) is 0.650. The second-order valence-electron chi connectivity index (χ2n) is 24.6. The SMILES string of the molecule is CC[C@H](C)[C@H](NC(=O)[C@H](C)NC(=O)[C@H](CC(=O)O)NC(=O)[C@H](Cc1cnc[nH]1)NC(=O)[C@@H](NC(=O)[C@H](CC(N)=O)NC(=O)[C@@H](N)CCCN=C(N)N)[C@@H](C)CC)C(=O)N[C@@H](CCCN=C(N)N)C(=O)N[C@@H](CO)C(=O)N[C@@H](C)C(=O)NCC(=O)N[C@@H](CC(C)C)C(=O)N[C@@H](CCC(N)=O)C(=O)O. The van der Waals surface area contributed by atoms with E-state index in [0.29, 0.717) is 0 Å². The molecule has 30 N–H and O–H groups in total. The fourth-order valence-electron chi connectivity index (χ4n) is 9.36. The number of rotatable bonds is 49. The largest absolute Gasteiger partial charge is 0.481 e. The van der Waals surface area contributed by atoms with Crippen molar-refractivity contribution in [3.05, 3.63) is 18.2 Å². The van der Waals surface area contributed by atoms with Gasteiger partial charge in [0.15, 0.2) is 11.9 Å². The van der Waals surface area contributed by atoms with Gasteiger partial charge in [-0.05, 0) is 70.1 Å². The van der Waals surface area contributed by atoms with Gasteiger partial charge in [-0.25, -0.2) is 9.78 Å². The summed E-state index contributed by atoms with van der Waals surface area (Å²) >= 11 is 0. The summed E-state index contributed by atoms with van der Waals surface area (Å²) in [4.78, 5) is 226. The quantitative estimate of drug-likeness (QED) is 0.0164. The van der Waals surface area contributed by atoms with Crippen LogP contribution in [0.3, 0.4) is 0 Å². The molecule has 42 heteroatoms. The average Bonchev–Trinajstić information content (AvgIpc) is 0.965. The van der Waals surface area contributed by atoms with E-state index in [4.69, 9.17) is 40.1 Å². The molecule has 0 saturated heterocycles. The Bertz CT molecular complexity index is 3110. The number of aromatic nitrogens is 2. The summed E-state index contributed by atoms with van der Waals surface area (Å²) in [7, 11) is 0. The third kappa shape index (κ3) is 34.3. The molecule has 14 amide bonds. The van der Waals surface area contributed by atoms with Crippen molar-refractivity contribution < 1.29 is 92.0 Å². The number of amides is 14. The number of hydrogen-bond acceptors (Lipinski definition) is 21. The van der Waals surface area contributed by atoms with Gasteiger partial charge in [-0.2, -0.15) is 0 Å². The first kappa shape index (κ1) is 89.2. The Morgan fingerprint density at radius 3 is 1.43 bits per heavy atom. The van der Waals surface area contributed by atoms with Crippen molar-refractivity contribution in [2.24, 2.45) is 67.9 Å². The molecule has 1 rings (SSSR count). The van der Waals surface area contributed by atoms with E-state index < -0.39 is 205 Å². The lowest BCUT2D eigenvalue weighted by Crippen LogP contribution is -2.62. The zero-order chi connectivity index (χ0) is 77.7. The van der Waals surface area contributed by atoms with Crippen LogP contribution >= 0.6 is 0 Å². The first-order valence-corrected chi connectivity index (χ1v) is 32.8. The first-order valence-electron chi connectivity index (χ1n) is 32.8. The fourth-order valence-corrected chi connectivity index (χ4v) is 9.36. The van der Waals surface area contributed by atoms with Crippen LogP contribution in [0.5, 0.6) is 0 Å². The number of H-pyrrole nitrogens is 1. The van der Waals surface area contributed by atoms with Crippen LogP contribution in [-0.2, 0) is 83.1 Å². The average molecular weight is 1450 g/mol. The molecule has 0 unspecified atom stereocenters. The van der Waals surface area contributed by atoms with Crippen molar-refractivity contribution in [1.29, 1.82) is 0 Å². The lowest BCUT2D eigenvalue weighted by atomic mass is 9.96. The number of primary amides is 2. The zero-order valence-corrected chi connectivity index (χ0v) is 58.4. The lowest BCUT2D eigenvalue weighted by Gasteiger charge is -2.29. The predicted molar refractivity (Wildman–Crippen MR) is 363 cm³/mol. The predicted octanol–water partition coefficient (Wildman–Crippen LogP) is -9.29. The second-order valence-corrected chi connectivity index (χ2v) is 24.6. The number of nitrogens with two attached hydrogens (primary N) is 7. The molecule has 0 aliphatic rings. The summed E-state index contributed by atoms with van der Waals surface area (Å²) in [5.74, 6) is -19.3. The number of aliphatic hydroxyl groups is 1. The van der Waals surface area contributed by atoms with E-state index in [9.17, 15) is 92.0 Å². The van der Waals surface area contributed by atoms with Crippen molar-refractivity contribution >= 4 is 107 Å². The highest BCUT2D eigenvalue weighted by atomic mass is 16.4. The van der Waals surface area contributed by atoms with Gasteiger partial charge in [-0.15, -0.1) is 0 Å². The van der Waals surface area contributed by atoms with Gasteiger partial charge >= 0.3 is 11.9 Å². The Kier molecular flexibility index (Phi) is 40.0. The molecule has 0 spiro atoms. The topological polar surface area (TPSA) is 714 Å². The molecule has 102 heavy (non-hydrogen) atoms. The minimum Gasteiger partial charge on any atom is -0.481 e. The van der Waals surface area contributed by atoms with Crippen LogP contribution < -0.4 is 104 Å². The normalized spacial score (nSPS) is 15.1. The molecule has 0 aliphatic carbocycles. The molecular weight excluding hydrogens is 1350 g/mol. The molecule has 0 aromatic carbocycles. The van der Waals surface area contributed by atoms with Crippen LogP contribution in [-0.4, -0.2) is 231 Å². The number of imidazole rings is 1. The first-order chi connectivity index (χ1) is 47.7. The van der Waals surface area contributed by atoms with Crippen LogP contribution in [0.15, 0.2) is 22.5 Å². The number of carbonyl (C=O) groups excluding carboxylic acids is 14. The molecule has 572 valence electrons. The van der Waals surface area contributed by atoms with Gasteiger partial charge in [0.1, 0.15) is 66.5 Å². The number of guanidine groups is 2. The van der Waals surface area contributed by atoms with Crippen LogP contribution in [0.1, 0.15) is 132 Å². The van der Waals surface area contributed by atoms with Crippen molar-refractivity contribution in [2.45, 2.75) is 205 Å². The third-order valence-corrected chi connectivity index (χ3v) is 15.5. The number of aliphatic imine (C=N–C) groups is 2. The van der Waals surface area contributed by atoms with E-state index in [1.807, 2.05) is 0 Å². The highest BCUT2D eigenvalue weighted by molar-refractivity contribution is 6.00. The molecule has 14 atom stereocenters. The van der Waals surface area contributed by atoms with Gasteiger partial charge in [0, 0.05) is 37.8 Å². The van der Waals surface area contributed by atoms with E-state index in [1.54, 1.807) is 41.5 Å². The van der Waals surface area contributed by atoms with Crippen LogP contribution in [0, 0.1) is 17.8 Å². The number of aliphatic carboxylic acids is 2. The highest BCUT2D eigenvalue weighted by Gasteiger charge is 2.38. The number of carbonyl (C=O) groups is 16. The number of carboxylic acid groups (broad SMARTS) is 2. The maximum Gasteiger partial charge on any atom is 0.326 e. The number of aliphatic hydroxyl groups excluding tert-OH is 1. The van der Waals surface area contributed by atoms with Crippen molar-refractivity contribution in [1.82, 2.24) is 73.8 Å². The Balaban J connectivity index is 3.39. The van der Waals surface area contributed by atoms with Gasteiger partial charge in [-0.3, -0.25) is 81.9 Å². The molecular formula is C60H103N23O19. The van der Waals surface area contributed by atoms with E-state index in [2.05, 4.69) is 83.8 Å². The van der Waals surface area contributed by atoms with E-state index >= 15 is 0 Å². The Morgan fingerprint density at radius 1 is 0.490 bits per heavy atom. The summed E-state index contributed by atoms with van der Waals surface area (Å²) in [6.07, 6.45) is 0.198.